The first kappa shape index (κ1) is 22.0. The van der Waals surface area contributed by atoms with Crippen molar-refractivity contribution in [1.29, 1.82) is 0 Å². The number of carbonyl (C=O) groups excluding carboxylic acids is 3. The summed E-state index contributed by atoms with van der Waals surface area (Å²) in [4.78, 5) is 43.3. The molecule has 1 fully saturated rings. The van der Waals surface area contributed by atoms with Gasteiger partial charge in [0.2, 0.25) is 5.91 Å². The number of nitrogens with two attached hydrogens (primary N) is 1. The monoisotopic (exact) mass is 474 g/mol. The van der Waals surface area contributed by atoms with Crippen LogP contribution >= 0.6 is 11.3 Å². The molecule has 1 atom stereocenters. The number of primary amides is 1. The van der Waals surface area contributed by atoms with Crippen molar-refractivity contribution in [3.8, 4) is 10.6 Å². The molecule has 0 aliphatic carbocycles. The van der Waals surface area contributed by atoms with Crippen LogP contribution < -0.4 is 11.1 Å². The van der Waals surface area contributed by atoms with Crippen LogP contribution in [0.1, 0.15) is 26.3 Å². The van der Waals surface area contributed by atoms with E-state index in [0.717, 1.165) is 31.9 Å². The molecular formula is C25H22N4O4S. The zero-order chi connectivity index (χ0) is 24.0. The number of thiazole rings is 1. The standard InChI is InChI=1S/C25H22N4O4S/c1-13(22(26)30)9-29-10-18-16(4-3-5-17(18)25(29)32)24-28-19-7-6-15(8-21(19)34-24)23(31)27-20-12-33-11-14(20)2/h3-8,20H,1-2,9-12H2,(H2,26,30)(H,27,31). The molecule has 0 saturated carbocycles. The Balaban J connectivity index is 1.42. The van der Waals surface area contributed by atoms with Gasteiger partial charge >= 0.3 is 0 Å². The normalized spacial score (nSPS) is 17.3. The molecule has 8 nitrogen and oxygen atoms in total. The van der Waals surface area contributed by atoms with E-state index in [0.29, 0.717) is 30.9 Å². The van der Waals surface area contributed by atoms with Crippen LogP contribution in [-0.2, 0) is 16.1 Å². The predicted molar refractivity (Wildman–Crippen MR) is 129 cm³/mol. The molecule has 3 heterocycles. The third-order valence-electron chi connectivity index (χ3n) is 6.02. The lowest BCUT2D eigenvalue weighted by Gasteiger charge is -2.15. The van der Waals surface area contributed by atoms with E-state index >= 15 is 0 Å². The highest BCUT2D eigenvalue weighted by molar-refractivity contribution is 7.21. The van der Waals surface area contributed by atoms with Gasteiger partial charge in [0.15, 0.2) is 0 Å². The second kappa shape index (κ2) is 8.51. The molecule has 1 saturated heterocycles. The Kier molecular flexibility index (Phi) is 5.51. The molecule has 9 heteroatoms. The van der Waals surface area contributed by atoms with Crippen LogP contribution in [0.25, 0.3) is 20.8 Å². The molecule has 3 N–H and O–H groups in total. The number of hydrogen-bond donors (Lipinski definition) is 2. The summed E-state index contributed by atoms with van der Waals surface area (Å²) in [5.41, 5.74) is 9.91. The van der Waals surface area contributed by atoms with E-state index in [-0.39, 0.29) is 30.0 Å². The highest BCUT2D eigenvalue weighted by Gasteiger charge is 2.31. The highest BCUT2D eigenvalue weighted by atomic mass is 32.1. The second-order valence-corrected chi connectivity index (χ2v) is 9.39. The number of benzene rings is 2. The molecule has 34 heavy (non-hydrogen) atoms. The fourth-order valence-electron chi connectivity index (χ4n) is 4.12. The van der Waals surface area contributed by atoms with Crippen LogP contribution in [0.5, 0.6) is 0 Å². The Morgan fingerprint density at radius 2 is 2.06 bits per heavy atom. The van der Waals surface area contributed by atoms with Gasteiger partial charge in [-0.1, -0.05) is 25.3 Å². The van der Waals surface area contributed by atoms with Crippen molar-refractivity contribution in [1.82, 2.24) is 15.2 Å². The van der Waals surface area contributed by atoms with Crippen LogP contribution in [0.2, 0.25) is 0 Å². The number of amides is 3. The molecule has 0 spiro atoms. The first-order valence-corrected chi connectivity index (χ1v) is 11.5. The Morgan fingerprint density at radius 3 is 2.79 bits per heavy atom. The fourth-order valence-corrected chi connectivity index (χ4v) is 5.18. The zero-order valence-electron chi connectivity index (χ0n) is 18.3. The van der Waals surface area contributed by atoms with Crippen molar-refractivity contribution in [2.24, 2.45) is 5.73 Å². The minimum atomic E-state index is -0.625. The van der Waals surface area contributed by atoms with E-state index in [1.807, 2.05) is 24.3 Å². The Hall–Kier alpha value is -3.82. The SMILES string of the molecule is C=C(CN1Cc2c(cccc2-c2nc3ccc(C(=O)NC4COCC4=C)cc3s2)C1=O)C(N)=O. The fraction of sp³-hybridized carbons (Fsp3) is 0.200. The third-order valence-corrected chi connectivity index (χ3v) is 7.08. The summed E-state index contributed by atoms with van der Waals surface area (Å²) in [7, 11) is 0. The highest BCUT2D eigenvalue weighted by Crippen LogP contribution is 2.37. The lowest BCUT2D eigenvalue weighted by atomic mass is 10.0. The van der Waals surface area contributed by atoms with Crippen LogP contribution in [0.4, 0.5) is 0 Å². The van der Waals surface area contributed by atoms with Gasteiger partial charge in [-0.3, -0.25) is 14.4 Å². The van der Waals surface area contributed by atoms with Crippen molar-refractivity contribution in [3.05, 3.63) is 77.4 Å². The van der Waals surface area contributed by atoms with Crippen molar-refractivity contribution >= 4 is 39.3 Å². The van der Waals surface area contributed by atoms with Crippen molar-refractivity contribution in [2.45, 2.75) is 12.6 Å². The first-order valence-electron chi connectivity index (χ1n) is 10.7. The molecule has 0 bridgehead atoms. The number of ether oxygens (including phenoxy) is 1. The van der Waals surface area contributed by atoms with Gasteiger partial charge in [-0.15, -0.1) is 11.3 Å². The lowest BCUT2D eigenvalue weighted by molar-refractivity contribution is -0.114. The van der Waals surface area contributed by atoms with E-state index in [4.69, 9.17) is 15.5 Å². The van der Waals surface area contributed by atoms with Gasteiger partial charge in [-0.05, 0) is 35.4 Å². The average molecular weight is 475 g/mol. The number of nitrogens with one attached hydrogen (secondary N) is 1. The van der Waals surface area contributed by atoms with Crippen molar-refractivity contribution in [2.75, 3.05) is 19.8 Å². The maximum atomic E-state index is 12.9. The minimum Gasteiger partial charge on any atom is -0.375 e. The van der Waals surface area contributed by atoms with E-state index in [2.05, 4.69) is 18.5 Å². The lowest BCUT2D eigenvalue weighted by Crippen LogP contribution is -2.36. The van der Waals surface area contributed by atoms with E-state index in [1.54, 1.807) is 17.0 Å². The maximum absolute atomic E-state index is 12.9. The number of carbonyl (C=O) groups is 3. The Morgan fingerprint density at radius 1 is 1.26 bits per heavy atom. The predicted octanol–water partition coefficient (Wildman–Crippen LogP) is 2.65. The molecular weight excluding hydrogens is 452 g/mol. The van der Waals surface area contributed by atoms with Gasteiger partial charge in [-0.2, -0.15) is 0 Å². The summed E-state index contributed by atoms with van der Waals surface area (Å²) >= 11 is 1.46. The molecule has 2 aliphatic rings. The first-order chi connectivity index (χ1) is 16.3. The second-order valence-electron chi connectivity index (χ2n) is 8.36. The number of nitrogens with zero attached hydrogens (tertiary/aromatic N) is 2. The summed E-state index contributed by atoms with van der Waals surface area (Å²) in [6.45, 7) is 8.90. The van der Waals surface area contributed by atoms with Gasteiger partial charge in [0.1, 0.15) is 5.01 Å². The third kappa shape index (κ3) is 3.89. The van der Waals surface area contributed by atoms with Gasteiger partial charge in [0.25, 0.3) is 11.8 Å². The largest absolute Gasteiger partial charge is 0.375 e. The van der Waals surface area contributed by atoms with Gasteiger partial charge in [0, 0.05) is 28.8 Å². The van der Waals surface area contributed by atoms with Crippen LogP contribution in [0.3, 0.4) is 0 Å². The molecule has 1 aromatic heterocycles. The Labute approximate surface area is 199 Å². The molecule has 3 amide bonds. The number of rotatable bonds is 6. The zero-order valence-corrected chi connectivity index (χ0v) is 19.1. The van der Waals surface area contributed by atoms with Crippen LogP contribution in [0.15, 0.2) is 60.7 Å². The topological polar surface area (TPSA) is 115 Å². The molecule has 1 unspecified atom stereocenters. The number of aromatic nitrogens is 1. The molecule has 2 aromatic carbocycles. The quantitative estimate of drug-likeness (QED) is 0.421. The summed E-state index contributed by atoms with van der Waals surface area (Å²) in [5, 5.41) is 3.71. The molecule has 5 rings (SSSR count). The Bertz CT molecular complexity index is 1390. The summed E-state index contributed by atoms with van der Waals surface area (Å²) in [5.74, 6) is -0.985. The van der Waals surface area contributed by atoms with E-state index in [9.17, 15) is 14.4 Å². The number of fused-ring (bicyclic) bond motifs is 2. The van der Waals surface area contributed by atoms with Crippen LogP contribution in [-0.4, -0.2) is 53.4 Å². The number of hydrogen-bond acceptors (Lipinski definition) is 6. The molecule has 0 radical (unpaired) electrons. The summed E-state index contributed by atoms with van der Waals surface area (Å²) < 4.78 is 6.20. The van der Waals surface area contributed by atoms with Gasteiger partial charge in [0.05, 0.1) is 36.0 Å². The molecule has 3 aromatic rings. The van der Waals surface area contributed by atoms with Crippen LogP contribution in [0, 0.1) is 0 Å². The molecule has 2 aliphatic heterocycles. The van der Waals surface area contributed by atoms with E-state index < -0.39 is 5.91 Å². The minimum absolute atomic E-state index is 0.0824. The van der Waals surface area contributed by atoms with Gasteiger partial charge in [-0.25, -0.2) is 4.98 Å². The van der Waals surface area contributed by atoms with Gasteiger partial charge < -0.3 is 20.7 Å². The summed E-state index contributed by atoms with van der Waals surface area (Å²) in [6, 6.07) is 10.7. The smallest absolute Gasteiger partial charge is 0.254 e. The van der Waals surface area contributed by atoms with Crippen molar-refractivity contribution < 1.29 is 19.1 Å². The van der Waals surface area contributed by atoms with E-state index in [1.165, 1.54) is 11.3 Å². The molecule has 172 valence electrons. The average Bonchev–Trinajstić information content (AvgIpc) is 3.51. The summed E-state index contributed by atoms with van der Waals surface area (Å²) in [6.07, 6.45) is 0. The van der Waals surface area contributed by atoms with Crippen molar-refractivity contribution in [3.63, 3.8) is 0 Å². The maximum Gasteiger partial charge on any atom is 0.254 e.